The van der Waals surface area contributed by atoms with Gasteiger partial charge in [0.2, 0.25) is 0 Å². The Balaban J connectivity index is 1.43. The van der Waals surface area contributed by atoms with Crippen LogP contribution in [0.3, 0.4) is 0 Å². The van der Waals surface area contributed by atoms with Crippen molar-refractivity contribution < 1.29 is 14.3 Å². The van der Waals surface area contributed by atoms with E-state index in [1.54, 1.807) is 24.3 Å². The number of ether oxygens (including phenoxy) is 1. The molecule has 6 nitrogen and oxygen atoms in total. The number of Topliss-reactive ketones (excluding diaryl/α,β-unsaturated/α-hetero) is 1. The lowest BCUT2D eigenvalue weighted by Crippen LogP contribution is -2.20. The number of aromatic nitrogens is 2. The Kier molecular flexibility index (Phi) is 5.42. The van der Waals surface area contributed by atoms with Crippen molar-refractivity contribution in [1.29, 1.82) is 0 Å². The molecular formula is C23H23N3O3. The number of amides is 1. The number of carbonyl (C=O) groups is 2. The van der Waals surface area contributed by atoms with E-state index in [1.165, 1.54) is 19.8 Å². The van der Waals surface area contributed by atoms with E-state index >= 15 is 0 Å². The van der Waals surface area contributed by atoms with Crippen molar-refractivity contribution in [2.45, 2.75) is 32.7 Å². The second-order valence-corrected chi connectivity index (χ2v) is 7.16. The molecule has 0 radical (unpaired) electrons. The van der Waals surface area contributed by atoms with E-state index in [-0.39, 0.29) is 18.3 Å². The minimum atomic E-state index is -0.253. The molecule has 1 amide bonds. The Morgan fingerprint density at radius 1 is 1.10 bits per heavy atom. The van der Waals surface area contributed by atoms with Crippen LogP contribution < -0.4 is 10.1 Å². The fourth-order valence-electron chi connectivity index (χ4n) is 3.48. The van der Waals surface area contributed by atoms with Gasteiger partial charge in [-0.2, -0.15) is 0 Å². The second-order valence-electron chi connectivity index (χ2n) is 7.16. The minimum absolute atomic E-state index is 0.00753. The number of hydrogen-bond acceptors (Lipinski definition) is 4. The normalized spacial score (nSPS) is 12.9. The van der Waals surface area contributed by atoms with E-state index < -0.39 is 0 Å². The molecule has 4 rings (SSSR count). The lowest BCUT2D eigenvalue weighted by molar-refractivity contribution is -0.118. The standard InChI is InChI=1S/C23H23N3O3/c1-16(27)17-9-11-18(12-10-17)29-15-23(28)25-20-7-3-2-6-19(20)21-14-26-13-5-4-8-22(26)24-21/h2-3,6-7,9-12,14H,4-5,8,13,15H2,1H3,(H,25,28). The highest BCUT2D eigenvalue weighted by Crippen LogP contribution is 2.29. The van der Waals surface area contributed by atoms with Gasteiger partial charge in [-0.15, -0.1) is 0 Å². The minimum Gasteiger partial charge on any atom is -0.484 e. The third-order valence-electron chi connectivity index (χ3n) is 5.02. The SMILES string of the molecule is CC(=O)c1ccc(OCC(=O)Nc2ccccc2-c2cn3c(n2)CCCC3)cc1. The molecular weight excluding hydrogens is 366 g/mol. The van der Waals surface area contributed by atoms with Crippen LogP contribution in [-0.2, 0) is 17.8 Å². The van der Waals surface area contributed by atoms with Gasteiger partial charge in [0.15, 0.2) is 12.4 Å². The maximum Gasteiger partial charge on any atom is 0.262 e. The van der Waals surface area contributed by atoms with E-state index in [1.807, 2.05) is 24.3 Å². The fourth-order valence-corrected chi connectivity index (χ4v) is 3.48. The number of fused-ring (bicyclic) bond motifs is 1. The molecule has 0 aliphatic carbocycles. The summed E-state index contributed by atoms with van der Waals surface area (Å²) in [6, 6.07) is 14.4. The molecule has 1 aliphatic heterocycles. The third kappa shape index (κ3) is 4.37. The van der Waals surface area contributed by atoms with E-state index in [9.17, 15) is 9.59 Å². The van der Waals surface area contributed by atoms with Gasteiger partial charge in [0.1, 0.15) is 11.6 Å². The van der Waals surface area contributed by atoms with Gasteiger partial charge in [0, 0.05) is 30.3 Å². The van der Waals surface area contributed by atoms with Crippen LogP contribution in [0.4, 0.5) is 5.69 Å². The summed E-state index contributed by atoms with van der Waals surface area (Å²) in [6.07, 6.45) is 5.39. The van der Waals surface area contributed by atoms with Crippen molar-refractivity contribution in [3.8, 4) is 17.0 Å². The zero-order valence-electron chi connectivity index (χ0n) is 16.4. The summed E-state index contributed by atoms with van der Waals surface area (Å²) in [4.78, 5) is 28.5. The summed E-state index contributed by atoms with van der Waals surface area (Å²) in [5, 5.41) is 2.92. The smallest absolute Gasteiger partial charge is 0.262 e. The molecule has 0 saturated carbocycles. The van der Waals surface area contributed by atoms with Crippen molar-refractivity contribution in [1.82, 2.24) is 9.55 Å². The molecule has 0 saturated heterocycles. The highest BCUT2D eigenvalue weighted by molar-refractivity contribution is 5.96. The van der Waals surface area contributed by atoms with Crippen LogP contribution in [0.2, 0.25) is 0 Å². The molecule has 1 aromatic heterocycles. The Morgan fingerprint density at radius 2 is 1.90 bits per heavy atom. The zero-order valence-corrected chi connectivity index (χ0v) is 16.4. The number of benzene rings is 2. The first-order valence-electron chi connectivity index (χ1n) is 9.79. The van der Waals surface area contributed by atoms with Crippen LogP contribution in [0.1, 0.15) is 35.9 Å². The van der Waals surface area contributed by atoms with E-state index in [0.29, 0.717) is 17.0 Å². The predicted molar refractivity (Wildman–Crippen MR) is 111 cm³/mol. The molecule has 1 N–H and O–H groups in total. The van der Waals surface area contributed by atoms with Crippen LogP contribution in [-0.4, -0.2) is 27.8 Å². The predicted octanol–water partition coefficient (Wildman–Crippen LogP) is 4.11. The number of anilines is 1. The van der Waals surface area contributed by atoms with Gasteiger partial charge in [0.05, 0.1) is 11.4 Å². The number of aryl methyl sites for hydroxylation is 2. The largest absolute Gasteiger partial charge is 0.484 e. The molecule has 29 heavy (non-hydrogen) atoms. The lowest BCUT2D eigenvalue weighted by Gasteiger charge is -2.11. The fraction of sp³-hybridized carbons (Fsp3) is 0.261. The first-order valence-corrected chi connectivity index (χ1v) is 9.79. The summed E-state index contributed by atoms with van der Waals surface area (Å²) in [7, 11) is 0. The quantitative estimate of drug-likeness (QED) is 0.644. The Labute approximate surface area is 169 Å². The van der Waals surface area contributed by atoms with Crippen molar-refractivity contribution in [3.63, 3.8) is 0 Å². The molecule has 0 atom stereocenters. The van der Waals surface area contributed by atoms with Gasteiger partial charge in [-0.25, -0.2) is 4.98 Å². The maximum atomic E-state index is 12.4. The Morgan fingerprint density at radius 3 is 2.66 bits per heavy atom. The summed E-state index contributed by atoms with van der Waals surface area (Å²) >= 11 is 0. The number of para-hydroxylation sites is 1. The van der Waals surface area contributed by atoms with Gasteiger partial charge >= 0.3 is 0 Å². The van der Waals surface area contributed by atoms with E-state index in [0.717, 1.165) is 30.0 Å². The number of nitrogens with one attached hydrogen (secondary N) is 1. The van der Waals surface area contributed by atoms with Crippen molar-refractivity contribution in [2.24, 2.45) is 0 Å². The van der Waals surface area contributed by atoms with Crippen LogP contribution in [0.15, 0.2) is 54.7 Å². The summed E-state index contributed by atoms with van der Waals surface area (Å²) in [5.74, 6) is 1.38. The number of nitrogens with zero attached hydrogens (tertiary/aromatic N) is 2. The molecule has 0 fully saturated rings. The van der Waals surface area contributed by atoms with Gasteiger partial charge in [-0.05, 0) is 50.1 Å². The summed E-state index contributed by atoms with van der Waals surface area (Å²) in [6.45, 7) is 2.39. The van der Waals surface area contributed by atoms with Gasteiger partial charge in [-0.3, -0.25) is 9.59 Å². The van der Waals surface area contributed by atoms with Gasteiger partial charge < -0.3 is 14.6 Å². The van der Waals surface area contributed by atoms with Gasteiger partial charge in [0.25, 0.3) is 5.91 Å². The van der Waals surface area contributed by atoms with Crippen molar-refractivity contribution in [3.05, 3.63) is 66.1 Å². The molecule has 3 aromatic rings. The first kappa shape index (κ1) is 18.9. The molecule has 0 spiro atoms. The van der Waals surface area contributed by atoms with E-state index in [4.69, 9.17) is 9.72 Å². The number of hydrogen-bond donors (Lipinski definition) is 1. The molecule has 1 aliphatic rings. The summed E-state index contributed by atoms with van der Waals surface area (Å²) in [5.41, 5.74) is 3.09. The second kappa shape index (κ2) is 8.31. The third-order valence-corrected chi connectivity index (χ3v) is 5.02. The van der Waals surface area contributed by atoms with Gasteiger partial charge in [-0.1, -0.05) is 18.2 Å². The van der Waals surface area contributed by atoms with Crippen molar-refractivity contribution >= 4 is 17.4 Å². The molecule has 2 heterocycles. The molecule has 6 heteroatoms. The van der Waals surface area contributed by atoms with Crippen LogP contribution >= 0.6 is 0 Å². The van der Waals surface area contributed by atoms with E-state index in [2.05, 4.69) is 16.1 Å². The first-order chi connectivity index (χ1) is 14.1. The average Bonchev–Trinajstić information content (AvgIpc) is 3.17. The summed E-state index contributed by atoms with van der Waals surface area (Å²) < 4.78 is 7.74. The lowest BCUT2D eigenvalue weighted by atomic mass is 10.1. The molecule has 148 valence electrons. The number of rotatable bonds is 6. The van der Waals surface area contributed by atoms with Crippen molar-refractivity contribution in [2.75, 3.05) is 11.9 Å². The highest BCUT2D eigenvalue weighted by atomic mass is 16.5. The Bertz CT molecular complexity index is 1010. The monoisotopic (exact) mass is 389 g/mol. The Hall–Kier alpha value is -3.41. The van der Waals surface area contributed by atoms with Crippen LogP contribution in [0, 0.1) is 0 Å². The number of carbonyl (C=O) groups excluding carboxylic acids is 2. The highest BCUT2D eigenvalue weighted by Gasteiger charge is 2.16. The molecule has 2 aromatic carbocycles. The maximum absolute atomic E-state index is 12.4. The zero-order chi connectivity index (χ0) is 20.2. The average molecular weight is 389 g/mol. The van der Waals surface area contributed by atoms with Crippen LogP contribution in [0.25, 0.3) is 11.3 Å². The topological polar surface area (TPSA) is 73.2 Å². The number of imidazole rings is 1. The number of ketones is 1. The van der Waals surface area contributed by atoms with Crippen LogP contribution in [0.5, 0.6) is 5.75 Å². The molecule has 0 bridgehead atoms. The molecule has 0 unspecified atom stereocenters.